The minimum Gasteiger partial charge on any atom is -0.316 e. The van der Waals surface area contributed by atoms with Crippen LogP contribution >= 0.6 is 23.1 Å². The summed E-state index contributed by atoms with van der Waals surface area (Å²) >= 11 is 2.89. The molecule has 1 unspecified atom stereocenters. The molecule has 0 aliphatic heterocycles. The van der Waals surface area contributed by atoms with Crippen molar-refractivity contribution in [2.75, 3.05) is 11.1 Å². The van der Waals surface area contributed by atoms with E-state index in [9.17, 15) is 10.1 Å². The summed E-state index contributed by atoms with van der Waals surface area (Å²) in [5.74, 6) is 1.51. The third-order valence-corrected chi connectivity index (χ3v) is 7.66. The second-order valence-corrected chi connectivity index (χ2v) is 10.0. The largest absolute Gasteiger partial charge is 0.316 e. The van der Waals surface area contributed by atoms with Crippen LogP contribution in [0.25, 0.3) is 0 Å². The number of fused-ring (bicyclic) bond motifs is 1. The van der Waals surface area contributed by atoms with Crippen LogP contribution in [0, 0.1) is 17.2 Å². The smallest absolute Gasteiger partial charge is 0.235 e. The summed E-state index contributed by atoms with van der Waals surface area (Å²) in [6, 6.07) is 12.4. The SMILES string of the molecule is C=CCn1c(Cc2ccccc2)nnc1SCC(=O)Nc1sc2c(c1C#N)CCC(C)C2. The van der Waals surface area contributed by atoms with Crippen LogP contribution in [0.4, 0.5) is 5.00 Å². The molecule has 32 heavy (non-hydrogen) atoms. The second kappa shape index (κ2) is 10.2. The molecule has 6 nitrogen and oxygen atoms in total. The number of nitrogens with one attached hydrogen (secondary N) is 1. The zero-order chi connectivity index (χ0) is 22.5. The molecule has 0 bridgehead atoms. The number of nitriles is 1. The first-order valence-corrected chi connectivity index (χ1v) is 12.4. The highest BCUT2D eigenvalue weighted by Crippen LogP contribution is 2.39. The molecule has 1 aromatic carbocycles. The molecule has 2 aromatic heterocycles. The number of amides is 1. The van der Waals surface area contributed by atoms with Gasteiger partial charge < -0.3 is 9.88 Å². The van der Waals surface area contributed by atoms with Gasteiger partial charge in [-0.3, -0.25) is 4.79 Å². The van der Waals surface area contributed by atoms with E-state index in [0.717, 1.165) is 36.2 Å². The van der Waals surface area contributed by atoms with Gasteiger partial charge in [-0.25, -0.2) is 0 Å². The highest BCUT2D eigenvalue weighted by molar-refractivity contribution is 7.99. The van der Waals surface area contributed by atoms with Crippen molar-refractivity contribution in [2.45, 2.75) is 44.3 Å². The number of benzene rings is 1. The van der Waals surface area contributed by atoms with Crippen LogP contribution in [-0.4, -0.2) is 26.4 Å². The van der Waals surface area contributed by atoms with Gasteiger partial charge in [0.1, 0.15) is 16.9 Å². The summed E-state index contributed by atoms with van der Waals surface area (Å²) in [6.45, 7) is 6.65. The number of allylic oxidation sites excluding steroid dienone is 1. The van der Waals surface area contributed by atoms with Gasteiger partial charge >= 0.3 is 0 Å². The molecular weight excluding hydrogens is 438 g/mol. The summed E-state index contributed by atoms with van der Waals surface area (Å²) in [5, 5.41) is 22.6. The fourth-order valence-corrected chi connectivity index (χ4v) is 6.04. The first-order valence-electron chi connectivity index (χ1n) is 10.6. The average Bonchev–Trinajstić information content (AvgIpc) is 3.33. The van der Waals surface area contributed by atoms with Gasteiger partial charge in [0.2, 0.25) is 5.91 Å². The van der Waals surface area contributed by atoms with Crippen LogP contribution in [0.5, 0.6) is 0 Å². The molecule has 0 radical (unpaired) electrons. The quantitative estimate of drug-likeness (QED) is 0.382. The molecule has 8 heteroatoms. The van der Waals surface area contributed by atoms with Gasteiger partial charge in [0.15, 0.2) is 5.16 Å². The van der Waals surface area contributed by atoms with E-state index in [-0.39, 0.29) is 11.7 Å². The van der Waals surface area contributed by atoms with Gasteiger partial charge in [0, 0.05) is 17.8 Å². The summed E-state index contributed by atoms with van der Waals surface area (Å²) in [5.41, 5.74) is 2.91. The van der Waals surface area contributed by atoms with Crippen LogP contribution < -0.4 is 5.32 Å². The van der Waals surface area contributed by atoms with Crippen LogP contribution in [-0.2, 0) is 30.6 Å². The van der Waals surface area contributed by atoms with E-state index in [4.69, 9.17) is 0 Å². The van der Waals surface area contributed by atoms with E-state index >= 15 is 0 Å². The highest BCUT2D eigenvalue weighted by Gasteiger charge is 2.25. The number of rotatable bonds is 8. The lowest BCUT2D eigenvalue weighted by atomic mass is 9.89. The number of thiophene rings is 1. The maximum absolute atomic E-state index is 12.7. The predicted molar refractivity (Wildman–Crippen MR) is 129 cm³/mol. The Morgan fingerprint density at radius 2 is 2.22 bits per heavy atom. The molecule has 1 N–H and O–H groups in total. The van der Waals surface area contributed by atoms with Crippen molar-refractivity contribution in [2.24, 2.45) is 5.92 Å². The minimum absolute atomic E-state index is 0.143. The van der Waals surface area contributed by atoms with E-state index in [0.29, 0.717) is 34.6 Å². The lowest BCUT2D eigenvalue weighted by molar-refractivity contribution is -0.113. The zero-order valence-electron chi connectivity index (χ0n) is 18.0. The predicted octanol–water partition coefficient (Wildman–Crippen LogP) is 4.84. The summed E-state index contributed by atoms with van der Waals surface area (Å²) in [4.78, 5) is 13.9. The van der Waals surface area contributed by atoms with Crippen LogP contribution in [0.1, 0.15) is 40.7 Å². The molecule has 4 rings (SSSR count). The van der Waals surface area contributed by atoms with Gasteiger partial charge in [0.25, 0.3) is 0 Å². The molecule has 0 saturated heterocycles. The van der Waals surface area contributed by atoms with Crippen molar-refractivity contribution in [1.82, 2.24) is 14.8 Å². The molecule has 0 fully saturated rings. The number of carbonyl (C=O) groups is 1. The molecule has 1 amide bonds. The molecule has 1 atom stereocenters. The van der Waals surface area contributed by atoms with Crippen LogP contribution in [0.2, 0.25) is 0 Å². The standard InChI is InChI=1S/C24H25N5OS2/c1-3-11-29-21(13-17-7-5-4-6-8-17)27-28-24(29)31-15-22(30)26-23-19(14-25)18-10-9-16(2)12-20(18)32-23/h3-8,16H,1,9-13,15H2,2H3,(H,26,30). The zero-order valence-corrected chi connectivity index (χ0v) is 19.6. The number of nitrogens with zero attached hydrogens (tertiary/aromatic N) is 4. The third-order valence-electron chi connectivity index (χ3n) is 5.52. The van der Waals surface area contributed by atoms with Crippen molar-refractivity contribution in [3.63, 3.8) is 0 Å². The van der Waals surface area contributed by atoms with Gasteiger partial charge in [-0.1, -0.05) is 55.1 Å². The van der Waals surface area contributed by atoms with Crippen molar-refractivity contribution in [3.05, 3.63) is 70.4 Å². The normalized spacial score (nSPS) is 15.1. The number of hydrogen-bond acceptors (Lipinski definition) is 6. The summed E-state index contributed by atoms with van der Waals surface area (Å²) in [7, 11) is 0. The molecule has 1 aliphatic carbocycles. The summed E-state index contributed by atoms with van der Waals surface area (Å²) < 4.78 is 1.99. The molecule has 0 saturated carbocycles. The van der Waals surface area contributed by atoms with Gasteiger partial charge in [-0.05, 0) is 36.3 Å². The van der Waals surface area contributed by atoms with Crippen molar-refractivity contribution in [1.29, 1.82) is 5.26 Å². The Labute approximate surface area is 196 Å². The van der Waals surface area contributed by atoms with Crippen molar-refractivity contribution >= 4 is 34.0 Å². The van der Waals surface area contributed by atoms with E-state index in [1.54, 1.807) is 17.4 Å². The topological polar surface area (TPSA) is 83.6 Å². The van der Waals surface area contributed by atoms with Crippen molar-refractivity contribution in [3.8, 4) is 6.07 Å². The molecule has 164 valence electrons. The third kappa shape index (κ3) is 4.95. The van der Waals surface area contributed by atoms with Crippen LogP contribution in [0.3, 0.4) is 0 Å². The first kappa shape index (κ1) is 22.3. The lowest BCUT2D eigenvalue weighted by Gasteiger charge is -2.17. The number of hydrogen-bond donors (Lipinski definition) is 1. The lowest BCUT2D eigenvalue weighted by Crippen LogP contribution is -2.15. The average molecular weight is 464 g/mol. The Kier molecular flexibility index (Phi) is 7.08. The number of carbonyl (C=O) groups excluding carboxylic acids is 1. The summed E-state index contributed by atoms with van der Waals surface area (Å²) in [6.07, 6.45) is 5.45. The number of aromatic nitrogens is 3. The molecule has 2 heterocycles. The first-order chi connectivity index (χ1) is 15.6. The Bertz CT molecular complexity index is 1160. The Morgan fingerprint density at radius 3 is 2.97 bits per heavy atom. The monoisotopic (exact) mass is 463 g/mol. The maximum Gasteiger partial charge on any atom is 0.235 e. The maximum atomic E-state index is 12.7. The highest BCUT2D eigenvalue weighted by atomic mass is 32.2. The van der Waals surface area contributed by atoms with E-state index < -0.39 is 0 Å². The molecule has 1 aliphatic rings. The second-order valence-electron chi connectivity index (χ2n) is 7.96. The van der Waals surface area contributed by atoms with Crippen molar-refractivity contribution < 1.29 is 4.79 Å². The van der Waals surface area contributed by atoms with E-state index in [1.165, 1.54) is 16.6 Å². The molecular formula is C24H25N5OS2. The van der Waals surface area contributed by atoms with E-state index in [1.807, 2.05) is 22.8 Å². The Balaban J connectivity index is 1.43. The number of anilines is 1. The van der Waals surface area contributed by atoms with Gasteiger partial charge in [0.05, 0.1) is 11.3 Å². The molecule has 3 aromatic rings. The fourth-order valence-electron chi connectivity index (χ4n) is 3.90. The van der Waals surface area contributed by atoms with Gasteiger partial charge in [-0.2, -0.15) is 5.26 Å². The number of thioether (sulfide) groups is 1. The fraction of sp³-hybridized carbons (Fsp3) is 0.333. The Morgan fingerprint density at radius 1 is 1.41 bits per heavy atom. The van der Waals surface area contributed by atoms with E-state index in [2.05, 4.69) is 47.2 Å². The Hall–Kier alpha value is -2.89. The molecule has 0 spiro atoms. The van der Waals surface area contributed by atoms with Crippen LogP contribution in [0.15, 0.2) is 48.1 Å². The minimum atomic E-state index is -0.143. The van der Waals surface area contributed by atoms with Gasteiger partial charge in [-0.15, -0.1) is 28.1 Å².